The summed E-state index contributed by atoms with van der Waals surface area (Å²) in [5.41, 5.74) is 10.9. The van der Waals surface area contributed by atoms with Crippen molar-refractivity contribution < 1.29 is 24.3 Å². The molecule has 102 valence electrons. The molecule has 0 bridgehead atoms. The molecule has 5 N–H and O–H groups in total. The molecule has 0 aromatic rings. The van der Waals surface area contributed by atoms with E-state index in [4.69, 9.17) is 21.4 Å². The third-order valence-electron chi connectivity index (χ3n) is 2.61. The average Bonchev–Trinajstić information content (AvgIpc) is 2.57. The molecular formula is C10H17N3O5. The Balaban J connectivity index is 2.40. The number of amides is 2. The van der Waals surface area contributed by atoms with E-state index >= 15 is 0 Å². The van der Waals surface area contributed by atoms with Gasteiger partial charge < -0.3 is 16.2 Å². The summed E-state index contributed by atoms with van der Waals surface area (Å²) in [6, 6.07) is -0.854. The lowest BCUT2D eigenvalue weighted by atomic mass is 10.1. The molecule has 1 heterocycles. The van der Waals surface area contributed by atoms with Gasteiger partial charge in [0.2, 0.25) is 0 Å². The second-order valence-corrected chi connectivity index (χ2v) is 4.06. The van der Waals surface area contributed by atoms with Crippen molar-refractivity contribution >= 4 is 17.8 Å². The van der Waals surface area contributed by atoms with Crippen LogP contribution in [0.25, 0.3) is 0 Å². The van der Waals surface area contributed by atoms with Crippen LogP contribution in [0.5, 0.6) is 0 Å². The normalized spacial score (nSPS) is 21.3. The van der Waals surface area contributed by atoms with E-state index in [1.54, 1.807) is 0 Å². The Morgan fingerprint density at radius 1 is 1.50 bits per heavy atom. The molecule has 0 aromatic heterocycles. The number of nitrogens with zero attached hydrogens (tertiary/aromatic N) is 1. The van der Waals surface area contributed by atoms with Gasteiger partial charge in [-0.15, -0.1) is 0 Å². The highest BCUT2D eigenvalue weighted by atomic mass is 16.6. The predicted octanol–water partition coefficient (Wildman–Crippen LogP) is -1.50. The maximum Gasteiger partial charge on any atom is 0.323 e. The topological polar surface area (TPSA) is 136 Å². The summed E-state index contributed by atoms with van der Waals surface area (Å²) in [6.07, 6.45) is 0.197. The van der Waals surface area contributed by atoms with Crippen molar-refractivity contribution in [2.24, 2.45) is 11.5 Å². The highest BCUT2D eigenvalue weighted by Gasteiger charge is 2.41. The lowest BCUT2D eigenvalue weighted by Gasteiger charge is -2.14. The third-order valence-corrected chi connectivity index (χ3v) is 2.61. The van der Waals surface area contributed by atoms with Gasteiger partial charge in [0.1, 0.15) is 6.04 Å². The lowest BCUT2D eigenvalue weighted by Crippen LogP contribution is -2.37. The number of imide groups is 1. The van der Waals surface area contributed by atoms with Gasteiger partial charge in [-0.2, -0.15) is 5.06 Å². The molecule has 1 aliphatic rings. The van der Waals surface area contributed by atoms with Crippen molar-refractivity contribution in [2.75, 3.05) is 6.54 Å². The van der Waals surface area contributed by atoms with Crippen LogP contribution in [0.3, 0.4) is 0 Å². The van der Waals surface area contributed by atoms with Crippen LogP contribution >= 0.6 is 0 Å². The van der Waals surface area contributed by atoms with Crippen molar-refractivity contribution in [1.29, 1.82) is 0 Å². The molecule has 18 heavy (non-hydrogen) atoms. The second kappa shape index (κ2) is 6.43. The fraction of sp³-hybridized carbons (Fsp3) is 0.700. The number of esters is 1. The first-order valence-electron chi connectivity index (χ1n) is 5.69. The largest absolute Gasteiger partial charge is 0.450 e. The molecule has 0 aromatic carbocycles. The minimum atomic E-state index is -1.27. The average molecular weight is 259 g/mol. The van der Waals surface area contributed by atoms with Gasteiger partial charge in [-0.1, -0.05) is 6.42 Å². The number of hydrogen-bond donors (Lipinski definition) is 3. The molecule has 2 unspecified atom stereocenters. The Bertz CT molecular complexity index is 346. The first-order valence-corrected chi connectivity index (χ1v) is 5.69. The molecule has 0 radical (unpaired) electrons. The zero-order valence-electron chi connectivity index (χ0n) is 9.87. The van der Waals surface area contributed by atoms with Gasteiger partial charge >= 0.3 is 5.97 Å². The molecule has 0 aliphatic carbocycles. The highest BCUT2D eigenvalue weighted by molar-refractivity contribution is 6.04. The predicted molar refractivity (Wildman–Crippen MR) is 59.0 cm³/mol. The molecule has 1 saturated heterocycles. The number of hydrogen-bond acceptors (Lipinski definition) is 7. The molecule has 0 saturated carbocycles. The zero-order valence-corrected chi connectivity index (χ0v) is 9.87. The number of rotatable bonds is 6. The van der Waals surface area contributed by atoms with Crippen molar-refractivity contribution in [2.45, 2.75) is 37.8 Å². The van der Waals surface area contributed by atoms with Crippen LogP contribution in [0.4, 0.5) is 0 Å². The van der Waals surface area contributed by atoms with Crippen LogP contribution in [0.1, 0.15) is 25.7 Å². The molecule has 1 rings (SSSR count). The monoisotopic (exact) mass is 259 g/mol. The molecule has 0 spiro atoms. The highest BCUT2D eigenvalue weighted by Crippen LogP contribution is 2.15. The Morgan fingerprint density at radius 3 is 2.67 bits per heavy atom. The first-order chi connectivity index (χ1) is 8.47. The van der Waals surface area contributed by atoms with Crippen LogP contribution in [-0.4, -0.2) is 46.7 Å². The number of carbonyl (C=O) groups is 3. The zero-order chi connectivity index (χ0) is 13.7. The van der Waals surface area contributed by atoms with Gasteiger partial charge in [-0.25, -0.2) is 0 Å². The molecule has 8 heteroatoms. The number of carbonyl (C=O) groups excluding carboxylic acids is 3. The SMILES string of the molecule is NCCCCC(N)C(=O)OC1CC(=O)N(O)C1=O. The van der Waals surface area contributed by atoms with E-state index in [-0.39, 0.29) is 11.5 Å². The molecule has 1 fully saturated rings. The molecule has 8 nitrogen and oxygen atoms in total. The second-order valence-electron chi connectivity index (χ2n) is 4.06. The van der Waals surface area contributed by atoms with E-state index in [0.717, 1.165) is 6.42 Å². The van der Waals surface area contributed by atoms with E-state index in [1.165, 1.54) is 0 Å². The smallest absolute Gasteiger partial charge is 0.323 e. The Labute approximate surface area is 104 Å². The number of unbranched alkanes of at least 4 members (excludes halogenated alkanes) is 1. The molecular weight excluding hydrogens is 242 g/mol. The molecule has 2 atom stereocenters. The van der Waals surface area contributed by atoms with Crippen LogP contribution < -0.4 is 11.5 Å². The van der Waals surface area contributed by atoms with Crippen molar-refractivity contribution in [3.05, 3.63) is 0 Å². The number of hydroxylamine groups is 2. The Kier molecular flexibility index (Phi) is 5.20. The van der Waals surface area contributed by atoms with Crippen molar-refractivity contribution in [1.82, 2.24) is 5.06 Å². The minimum absolute atomic E-state index is 0.0438. The fourth-order valence-corrected chi connectivity index (χ4v) is 1.54. The quantitative estimate of drug-likeness (QED) is 0.228. The number of ether oxygens (including phenoxy) is 1. The molecule has 1 aliphatic heterocycles. The summed E-state index contributed by atoms with van der Waals surface area (Å²) in [6.45, 7) is 0.511. The first kappa shape index (κ1) is 14.6. The van der Waals surface area contributed by atoms with Crippen LogP contribution in [0.15, 0.2) is 0 Å². The number of nitrogens with two attached hydrogens (primary N) is 2. The van der Waals surface area contributed by atoms with E-state index in [9.17, 15) is 14.4 Å². The summed E-state index contributed by atoms with van der Waals surface area (Å²) < 4.78 is 4.79. The summed E-state index contributed by atoms with van der Waals surface area (Å²) in [5, 5.41) is 8.92. The maximum atomic E-state index is 11.5. The van der Waals surface area contributed by atoms with Crippen molar-refractivity contribution in [3.8, 4) is 0 Å². The van der Waals surface area contributed by atoms with E-state index in [2.05, 4.69) is 0 Å². The van der Waals surface area contributed by atoms with Gasteiger partial charge in [0.15, 0.2) is 6.10 Å². The van der Waals surface area contributed by atoms with Crippen LogP contribution in [-0.2, 0) is 19.1 Å². The summed E-state index contributed by atoms with van der Waals surface area (Å²) >= 11 is 0. The van der Waals surface area contributed by atoms with Crippen LogP contribution in [0, 0.1) is 0 Å². The van der Waals surface area contributed by atoms with Gasteiger partial charge in [-0.05, 0) is 19.4 Å². The summed E-state index contributed by atoms with van der Waals surface area (Å²) in [4.78, 5) is 33.7. The van der Waals surface area contributed by atoms with Gasteiger partial charge in [-0.3, -0.25) is 19.6 Å². The maximum absolute atomic E-state index is 11.5. The van der Waals surface area contributed by atoms with E-state index < -0.39 is 29.9 Å². The third kappa shape index (κ3) is 3.49. The van der Waals surface area contributed by atoms with Crippen LogP contribution in [0.2, 0.25) is 0 Å². The fourth-order valence-electron chi connectivity index (χ4n) is 1.54. The van der Waals surface area contributed by atoms with Crippen molar-refractivity contribution in [3.63, 3.8) is 0 Å². The van der Waals surface area contributed by atoms with Gasteiger partial charge in [0.25, 0.3) is 11.8 Å². The summed E-state index contributed by atoms with van der Waals surface area (Å²) in [5.74, 6) is -2.49. The Morgan fingerprint density at radius 2 is 2.17 bits per heavy atom. The minimum Gasteiger partial charge on any atom is -0.450 e. The van der Waals surface area contributed by atoms with E-state index in [0.29, 0.717) is 19.4 Å². The molecule has 2 amide bonds. The van der Waals surface area contributed by atoms with Gasteiger partial charge in [0, 0.05) is 0 Å². The Hall–Kier alpha value is -1.51. The standard InChI is InChI=1S/C10H17N3O5/c11-4-2-1-3-6(12)10(16)18-7-5-8(14)13(17)9(7)15/h6-7,17H,1-5,11-12H2. The van der Waals surface area contributed by atoms with E-state index in [1.807, 2.05) is 0 Å². The summed E-state index contributed by atoms with van der Waals surface area (Å²) in [7, 11) is 0. The lowest BCUT2D eigenvalue weighted by molar-refractivity contribution is -0.176. The van der Waals surface area contributed by atoms with Gasteiger partial charge in [0.05, 0.1) is 6.42 Å².